The van der Waals surface area contributed by atoms with Crippen LogP contribution in [0.1, 0.15) is 16.8 Å². The maximum Gasteiger partial charge on any atom is 0.321 e. The number of benzene rings is 1. The van der Waals surface area contributed by atoms with E-state index < -0.39 is 9.84 Å². The van der Waals surface area contributed by atoms with Crippen molar-refractivity contribution in [2.45, 2.75) is 12.5 Å². The molecular formula is C14H17N3O4S. The molecule has 8 heteroatoms. The van der Waals surface area contributed by atoms with Crippen molar-refractivity contribution in [2.75, 3.05) is 29.5 Å². The van der Waals surface area contributed by atoms with Crippen LogP contribution in [0.2, 0.25) is 0 Å². The van der Waals surface area contributed by atoms with E-state index in [9.17, 15) is 18.0 Å². The fourth-order valence-corrected chi connectivity index (χ4v) is 4.36. The summed E-state index contributed by atoms with van der Waals surface area (Å²) >= 11 is 0. The minimum Gasteiger partial charge on any atom is -0.348 e. The minimum absolute atomic E-state index is 0.00473. The summed E-state index contributed by atoms with van der Waals surface area (Å²) in [5, 5.41) is 5.45. The van der Waals surface area contributed by atoms with Crippen LogP contribution in [0.5, 0.6) is 0 Å². The molecule has 1 atom stereocenters. The first-order valence-electron chi connectivity index (χ1n) is 7.11. The quantitative estimate of drug-likeness (QED) is 0.827. The van der Waals surface area contributed by atoms with E-state index in [1.807, 2.05) is 0 Å². The van der Waals surface area contributed by atoms with Gasteiger partial charge >= 0.3 is 6.03 Å². The molecule has 1 aromatic rings. The lowest BCUT2D eigenvalue weighted by Gasteiger charge is -2.15. The Morgan fingerprint density at radius 2 is 2.00 bits per heavy atom. The fraction of sp³-hybridized carbons (Fsp3) is 0.429. The van der Waals surface area contributed by atoms with E-state index in [2.05, 4.69) is 10.6 Å². The average molecular weight is 323 g/mol. The van der Waals surface area contributed by atoms with E-state index in [0.29, 0.717) is 25.1 Å². The van der Waals surface area contributed by atoms with Crippen LogP contribution in [-0.4, -0.2) is 51.0 Å². The molecule has 2 heterocycles. The summed E-state index contributed by atoms with van der Waals surface area (Å²) in [7, 11) is -3.01. The van der Waals surface area contributed by atoms with Crippen molar-refractivity contribution in [1.29, 1.82) is 0 Å². The first-order chi connectivity index (χ1) is 10.4. The average Bonchev–Trinajstić information content (AvgIpc) is 3.04. The Morgan fingerprint density at radius 1 is 1.27 bits per heavy atom. The molecule has 0 saturated carbocycles. The molecule has 3 rings (SSSR count). The number of amides is 3. The van der Waals surface area contributed by atoms with E-state index in [-0.39, 0.29) is 29.5 Å². The van der Waals surface area contributed by atoms with Crippen molar-refractivity contribution in [3.8, 4) is 0 Å². The van der Waals surface area contributed by atoms with Gasteiger partial charge in [-0.25, -0.2) is 13.2 Å². The molecule has 0 spiro atoms. The summed E-state index contributed by atoms with van der Waals surface area (Å²) in [6, 6.07) is 6.24. The lowest BCUT2D eigenvalue weighted by atomic mass is 10.1. The van der Waals surface area contributed by atoms with Gasteiger partial charge in [0.05, 0.1) is 11.5 Å². The Morgan fingerprint density at radius 3 is 2.55 bits per heavy atom. The van der Waals surface area contributed by atoms with Gasteiger partial charge < -0.3 is 10.6 Å². The molecule has 2 aliphatic heterocycles. The molecule has 22 heavy (non-hydrogen) atoms. The minimum atomic E-state index is -3.01. The van der Waals surface area contributed by atoms with Crippen LogP contribution in [0.25, 0.3) is 0 Å². The summed E-state index contributed by atoms with van der Waals surface area (Å²) in [5.74, 6) is -0.161. The zero-order valence-electron chi connectivity index (χ0n) is 11.9. The van der Waals surface area contributed by atoms with Gasteiger partial charge in [0, 0.05) is 30.4 Å². The summed E-state index contributed by atoms with van der Waals surface area (Å²) in [6.45, 7) is 1.21. The summed E-state index contributed by atoms with van der Waals surface area (Å²) in [4.78, 5) is 25.3. The second kappa shape index (κ2) is 5.60. The smallest absolute Gasteiger partial charge is 0.321 e. The Balaban J connectivity index is 1.65. The number of carbonyl (C=O) groups is 2. The van der Waals surface area contributed by atoms with Crippen LogP contribution in [0.15, 0.2) is 24.3 Å². The predicted octanol–water partition coefficient (Wildman–Crippen LogP) is 0.133. The molecule has 118 valence electrons. The maximum atomic E-state index is 12.1. The molecule has 0 aliphatic carbocycles. The SMILES string of the molecule is O=C(N[C@H]1CCS(=O)(=O)C1)c1ccc(N2CCNC2=O)cc1. The lowest BCUT2D eigenvalue weighted by Crippen LogP contribution is -2.35. The van der Waals surface area contributed by atoms with E-state index >= 15 is 0 Å². The molecule has 1 aromatic carbocycles. The van der Waals surface area contributed by atoms with E-state index in [4.69, 9.17) is 0 Å². The van der Waals surface area contributed by atoms with Crippen LogP contribution in [0.4, 0.5) is 10.5 Å². The normalized spacial score (nSPS) is 23.4. The summed E-state index contributed by atoms with van der Waals surface area (Å²) in [5.41, 5.74) is 1.18. The highest BCUT2D eigenvalue weighted by molar-refractivity contribution is 7.91. The van der Waals surface area contributed by atoms with Gasteiger partial charge in [-0.2, -0.15) is 0 Å². The standard InChI is InChI=1S/C14H17N3O4S/c18-13(16-11-5-8-22(20,21)9-11)10-1-3-12(4-2-10)17-7-6-15-14(17)19/h1-4,11H,5-9H2,(H,15,19)(H,16,18)/t11-/m0/s1. The molecule has 0 radical (unpaired) electrons. The number of rotatable bonds is 3. The fourth-order valence-electron chi connectivity index (χ4n) is 2.69. The number of hydrogen-bond donors (Lipinski definition) is 2. The van der Waals surface area contributed by atoms with E-state index in [1.54, 1.807) is 29.2 Å². The number of sulfone groups is 1. The van der Waals surface area contributed by atoms with Crippen LogP contribution in [0, 0.1) is 0 Å². The molecule has 2 N–H and O–H groups in total. The molecular weight excluding hydrogens is 306 g/mol. The molecule has 0 bridgehead atoms. The summed E-state index contributed by atoms with van der Waals surface area (Å²) < 4.78 is 22.8. The monoisotopic (exact) mass is 323 g/mol. The maximum absolute atomic E-state index is 12.1. The van der Waals surface area contributed by atoms with Gasteiger partial charge in [-0.05, 0) is 30.7 Å². The lowest BCUT2D eigenvalue weighted by molar-refractivity contribution is 0.0941. The van der Waals surface area contributed by atoms with E-state index in [0.717, 1.165) is 5.69 Å². The number of carbonyl (C=O) groups excluding carboxylic acids is 2. The van der Waals surface area contributed by atoms with Crippen molar-refractivity contribution in [3.63, 3.8) is 0 Å². The third kappa shape index (κ3) is 3.06. The van der Waals surface area contributed by atoms with Crippen LogP contribution < -0.4 is 15.5 Å². The first-order valence-corrected chi connectivity index (χ1v) is 8.93. The van der Waals surface area contributed by atoms with Crippen LogP contribution in [0.3, 0.4) is 0 Å². The van der Waals surface area contributed by atoms with Gasteiger partial charge in [0.25, 0.3) is 5.91 Å². The third-order valence-corrected chi connectivity index (χ3v) is 5.63. The molecule has 2 saturated heterocycles. The van der Waals surface area contributed by atoms with E-state index in [1.165, 1.54) is 0 Å². The predicted molar refractivity (Wildman–Crippen MR) is 81.7 cm³/mol. The van der Waals surface area contributed by atoms with Crippen LogP contribution in [-0.2, 0) is 9.84 Å². The number of urea groups is 1. The Bertz CT molecular complexity index is 699. The second-order valence-electron chi connectivity index (χ2n) is 5.50. The topological polar surface area (TPSA) is 95.6 Å². The van der Waals surface area contributed by atoms with Gasteiger partial charge in [0.1, 0.15) is 0 Å². The summed E-state index contributed by atoms with van der Waals surface area (Å²) in [6.07, 6.45) is 0.458. The largest absolute Gasteiger partial charge is 0.348 e. The number of nitrogens with zero attached hydrogens (tertiary/aromatic N) is 1. The zero-order valence-corrected chi connectivity index (χ0v) is 12.7. The first kappa shape index (κ1) is 14.8. The number of hydrogen-bond acceptors (Lipinski definition) is 4. The molecule has 2 aliphatic rings. The van der Waals surface area contributed by atoms with Crippen molar-refractivity contribution < 1.29 is 18.0 Å². The Labute approximate surface area is 128 Å². The van der Waals surface area contributed by atoms with Crippen molar-refractivity contribution >= 4 is 27.5 Å². The molecule has 0 aromatic heterocycles. The van der Waals surface area contributed by atoms with Crippen molar-refractivity contribution in [3.05, 3.63) is 29.8 Å². The van der Waals surface area contributed by atoms with Gasteiger partial charge in [-0.3, -0.25) is 9.69 Å². The second-order valence-corrected chi connectivity index (χ2v) is 7.73. The van der Waals surface area contributed by atoms with Crippen molar-refractivity contribution in [2.24, 2.45) is 0 Å². The zero-order chi connectivity index (χ0) is 15.7. The Hall–Kier alpha value is -2.09. The van der Waals surface area contributed by atoms with Gasteiger partial charge in [-0.15, -0.1) is 0 Å². The highest BCUT2D eigenvalue weighted by Crippen LogP contribution is 2.18. The number of nitrogens with one attached hydrogen (secondary N) is 2. The highest BCUT2D eigenvalue weighted by Gasteiger charge is 2.29. The molecule has 0 unspecified atom stereocenters. The van der Waals surface area contributed by atoms with Crippen LogP contribution >= 0.6 is 0 Å². The molecule has 2 fully saturated rings. The highest BCUT2D eigenvalue weighted by atomic mass is 32.2. The van der Waals surface area contributed by atoms with Gasteiger partial charge in [-0.1, -0.05) is 0 Å². The molecule has 3 amide bonds. The van der Waals surface area contributed by atoms with Crippen molar-refractivity contribution in [1.82, 2.24) is 10.6 Å². The third-order valence-electron chi connectivity index (χ3n) is 3.87. The van der Waals surface area contributed by atoms with Gasteiger partial charge in [0.2, 0.25) is 0 Å². The number of anilines is 1. The van der Waals surface area contributed by atoms with Gasteiger partial charge in [0.15, 0.2) is 9.84 Å². The molecule has 7 nitrogen and oxygen atoms in total. The Kier molecular flexibility index (Phi) is 3.78.